The van der Waals surface area contributed by atoms with Gasteiger partial charge in [-0.05, 0) is 32.9 Å². The van der Waals surface area contributed by atoms with Crippen LogP contribution in [-0.2, 0) is 21.7 Å². The van der Waals surface area contributed by atoms with E-state index in [4.69, 9.17) is 0 Å². The van der Waals surface area contributed by atoms with Crippen LogP contribution < -0.4 is 0 Å². The van der Waals surface area contributed by atoms with Crippen molar-refractivity contribution in [3.05, 3.63) is 22.8 Å². The molecule has 0 bridgehead atoms. The van der Waals surface area contributed by atoms with Gasteiger partial charge in [0.2, 0.25) is 0 Å². The fourth-order valence-electron chi connectivity index (χ4n) is 3.16. The molecule has 0 saturated carbocycles. The molecule has 2 unspecified atom stereocenters. The Morgan fingerprint density at radius 3 is 1.95 bits per heavy atom. The van der Waals surface area contributed by atoms with Gasteiger partial charge in [-0.25, -0.2) is 5.57 Å². The summed E-state index contributed by atoms with van der Waals surface area (Å²) in [5, 5.41) is 0. The fourth-order valence-corrected chi connectivity index (χ4v) is 3.16. The second-order valence-electron chi connectivity index (χ2n) is 5.62. The van der Waals surface area contributed by atoms with Crippen LogP contribution in [0.1, 0.15) is 47.5 Å². The van der Waals surface area contributed by atoms with Crippen molar-refractivity contribution in [3.8, 4) is 0 Å². The zero-order valence-corrected chi connectivity index (χ0v) is 15.9. The first-order valence-corrected chi connectivity index (χ1v) is 6.51. The third-order valence-electron chi connectivity index (χ3n) is 4.88. The minimum atomic E-state index is 0. The number of rotatable bonds is 2. The summed E-state index contributed by atoms with van der Waals surface area (Å²) in [6.45, 7) is 14.0. The van der Waals surface area contributed by atoms with Crippen LogP contribution in [0.5, 0.6) is 0 Å². The van der Waals surface area contributed by atoms with Gasteiger partial charge in [-0.2, -0.15) is 11.1 Å². The van der Waals surface area contributed by atoms with Crippen LogP contribution in [0.4, 0.5) is 0 Å². The van der Waals surface area contributed by atoms with Crippen LogP contribution in [0.3, 0.4) is 0 Å². The molecule has 2 atom stereocenters. The average Bonchev–Trinajstić information content (AvgIpc) is 2.83. The maximum absolute atomic E-state index is 3.71. The smallest absolute Gasteiger partial charge is 0.00170 e. The molecule has 1 aliphatic heterocycles. The molecule has 110 valence electrons. The molecule has 0 aromatic rings. The summed E-state index contributed by atoms with van der Waals surface area (Å²) in [5.74, 6) is 0. The second kappa shape index (κ2) is 8.24. The van der Waals surface area contributed by atoms with Crippen molar-refractivity contribution in [2.45, 2.75) is 53.5 Å². The summed E-state index contributed by atoms with van der Waals surface area (Å²) in [5.41, 5.74) is 4.46. The summed E-state index contributed by atoms with van der Waals surface area (Å²) in [6, 6.07) is 0.586. The predicted octanol–water partition coefficient (Wildman–Crippen LogP) is 4.42. The van der Waals surface area contributed by atoms with Crippen LogP contribution in [-0.4, -0.2) is 24.0 Å². The van der Waals surface area contributed by atoms with Crippen molar-refractivity contribution in [2.24, 2.45) is 5.41 Å². The van der Waals surface area contributed by atoms with Crippen molar-refractivity contribution < 1.29 is 21.7 Å². The molecule has 0 radical (unpaired) electrons. The molecule has 0 N–H and O–H groups in total. The molecule has 1 nitrogen and oxygen atoms in total. The topological polar surface area (TPSA) is 3.24 Å². The minimum absolute atomic E-state index is 0. The summed E-state index contributed by atoms with van der Waals surface area (Å²) < 4.78 is 0. The van der Waals surface area contributed by atoms with Crippen LogP contribution in [0.25, 0.3) is 0 Å². The summed E-state index contributed by atoms with van der Waals surface area (Å²) >= 11 is 0. The number of nitrogens with zero attached hydrogens (tertiary/aromatic N) is 1. The molecule has 0 aromatic heterocycles. The van der Waals surface area contributed by atoms with Gasteiger partial charge < -0.3 is 4.90 Å². The Kier molecular flexibility index (Phi) is 9.56. The second-order valence-corrected chi connectivity index (χ2v) is 5.62. The molecular weight excluding hydrogens is 313 g/mol. The Hall–Kier alpha value is 0.734. The maximum atomic E-state index is 3.71. The van der Waals surface area contributed by atoms with Crippen molar-refractivity contribution in [2.75, 3.05) is 13.1 Å². The van der Waals surface area contributed by atoms with Crippen molar-refractivity contribution >= 4 is 24.8 Å². The van der Waals surface area contributed by atoms with Crippen molar-refractivity contribution in [1.29, 1.82) is 0 Å². The van der Waals surface area contributed by atoms with Gasteiger partial charge in [0.1, 0.15) is 0 Å². The zero-order valence-electron chi connectivity index (χ0n) is 12.7. The summed E-state index contributed by atoms with van der Waals surface area (Å²) in [6.07, 6.45) is 6.44. The molecule has 0 amide bonds. The van der Waals surface area contributed by atoms with Crippen LogP contribution in [0.2, 0.25) is 0 Å². The van der Waals surface area contributed by atoms with Crippen LogP contribution >= 0.6 is 24.8 Å². The molecule has 1 heterocycles. The van der Waals surface area contributed by atoms with E-state index in [9.17, 15) is 0 Å². The van der Waals surface area contributed by atoms with E-state index in [1.54, 1.807) is 0 Å². The maximum Gasteiger partial charge on any atom is 0.00170 e. The number of halogens is 2. The van der Waals surface area contributed by atoms with E-state index in [0.717, 1.165) is 0 Å². The first-order valence-electron chi connectivity index (χ1n) is 6.51. The Balaban J connectivity index is 0. The van der Waals surface area contributed by atoms with E-state index < -0.39 is 0 Å². The molecule has 2 rings (SSSR count). The Labute approximate surface area is 146 Å². The van der Waals surface area contributed by atoms with E-state index in [0.29, 0.717) is 6.04 Å². The van der Waals surface area contributed by atoms with E-state index in [2.05, 4.69) is 45.6 Å². The van der Waals surface area contributed by atoms with Gasteiger partial charge in [-0.3, -0.25) is 6.08 Å². The Morgan fingerprint density at radius 1 is 1.11 bits per heavy atom. The number of hydrogen-bond acceptors (Lipinski definition) is 1. The van der Waals surface area contributed by atoms with Crippen molar-refractivity contribution in [1.82, 2.24) is 4.90 Å². The summed E-state index contributed by atoms with van der Waals surface area (Å²) in [4.78, 5) is 2.63. The third-order valence-corrected chi connectivity index (χ3v) is 4.88. The van der Waals surface area contributed by atoms with Gasteiger partial charge in [0, 0.05) is 27.8 Å². The van der Waals surface area contributed by atoms with E-state index in [-0.39, 0.29) is 51.9 Å². The quantitative estimate of drug-likeness (QED) is 0.532. The molecule has 2 aliphatic rings. The normalized spacial score (nSPS) is 28.2. The molecule has 0 spiro atoms. The largest absolute Gasteiger partial charge is 0.301 e. The van der Waals surface area contributed by atoms with E-state index >= 15 is 0 Å². The van der Waals surface area contributed by atoms with Crippen LogP contribution in [0, 0.1) is 11.5 Å². The van der Waals surface area contributed by atoms with Crippen LogP contribution in [0.15, 0.2) is 16.7 Å². The van der Waals surface area contributed by atoms with Gasteiger partial charge in [0.25, 0.3) is 0 Å². The molecular formula is C15H26Cl2NTi-. The average molecular weight is 339 g/mol. The predicted molar refractivity (Wildman–Crippen MR) is 83.7 cm³/mol. The Morgan fingerprint density at radius 2 is 1.58 bits per heavy atom. The zero-order chi connectivity index (χ0) is 11.9. The minimum Gasteiger partial charge on any atom is -0.301 e. The molecule has 1 aliphatic carbocycles. The van der Waals surface area contributed by atoms with Gasteiger partial charge in [-0.15, -0.1) is 31.7 Å². The fraction of sp³-hybridized carbons (Fsp3) is 0.733. The molecule has 0 aromatic carbocycles. The third kappa shape index (κ3) is 3.89. The first kappa shape index (κ1) is 22.0. The monoisotopic (exact) mass is 338 g/mol. The standard InChI is InChI=1S/C15H24N.2ClH.Ti/c1-11-10-15(5,13(3)12(11)2)14(4)16-8-6-7-9-16;;;/h14H,6-9H2,1-5H3;2*1H;/q-1;;;. The van der Waals surface area contributed by atoms with Gasteiger partial charge in [0.15, 0.2) is 0 Å². The van der Waals surface area contributed by atoms with Crippen molar-refractivity contribution in [3.63, 3.8) is 0 Å². The molecule has 1 saturated heterocycles. The number of hydrogen-bond donors (Lipinski definition) is 0. The summed E-state index contributed by atoms with van der Waals surface area (Å²) in [7, 11) is 0. The number of allylic oxidation sites excluding steroid dienone is 2. The molecule has 1 fully saturated rings. The Bertz CT molecular complexity index is 359. The van der Waals surface area contributed by atoms with E-state index in [1.165, 1.54) is 42.7 Å². The molecule has 19 heavy (non-hydrogen) atoms. The SMILES string of the molecule is CC1=[C-]C(C)(C(C)N2CCCC2)C(C)=C1C.Cl.Cl.[Ti]. The van der Waals surface area contributed by atoms with Gasteiger partial charge in [-0.1, -0.05) is 26.2 Å². The number of likely N-dealkylation sites (tertiary alicyclic amines) is 1. The first-order chi connectivity index (χ1) is 7.47. The van der Waals surface area contributed by atoms with Gasteiger partial charge in [0.05, 0.1) is 0 Å². The van der Waals surface area contributed by atoms with Gasteiger partial charge >= 0.3 is 0 Å². The molecule has 4 heteroatoms. The van der Waals surface area contributed by atoms with E-state index in [1.807, 2.05) is 0 Å².